The predicted molar refractivity (Wildman–Crippen MR) is 37.8 cm³/mol. The molecule has 0 amide bonds. The lowest BCUT2D eigenvalue weighted by molar-refractivity contribution is 0.411. The summed E-state index contributed by atoms with van der Waals surface area (Å²) in [6, 6.07) is 0. The summed E-state index contributed by atoms with van der Waals surface area (Å²) < 4.78 is 4.84. The fourth-order valence-electron chi connectivity index (χ4n) is 0.470. The van der Waals surface area contributed by atoms with Crippen molar-refractivity contribution in [2.24, 2.45) is 0 Å². The van der Waals surface area contributed by atoms with Crippen LogP contribution in [0.15, 0.2) is 0 Å². The Morgan fingerprint density at radius 2 is 2.33 bits per heavy atom. The summed E-state index contributed by atoms with van der Waals surface area (Å²) in [7, 11) is 1.58. The quantitative estimate of drug-likeness (QED) is 0.640. The van der Waals surface area contributed by atoms with Crippen LogP contribution in [0, 0.1) is 6.92 Å². The lowest BCUT2D eigenvalue weighted by atomic mass is 10.5. The monoisotopic (exact) mass is 144 g/mol. The highest BCUT2D eigenvalue weighted by atomic mass is 32.1. The van der Waals surface area contributed by atoms with Crippen molar-refractivity contribution < 1.29 is 4.74 Å². The van der Waals surface area contributed by atoms with Crippen LogP contribution in [0.1, 0.15) is 5.69 Å². The van der Waals surface area contributed by atoms with E-state index in [4.69, 9.17) is 10.5 Å². The second kappa shape index (κ2) is 2.23. The molecule has 0 radical (unpaired) electrons. The molecule has 3 nitrogen and oxygen atoms in total. The molecule has 50 valence electrons. The number of rotatable bonds is 1. The Morgan fingerprint density at radius 1 is 1.67 bits per heavy atom. The molecule has 1 aromatic rings. The fraction of sp³-hybridized carbons (Fsp3) is 0.400. The van der Waals surface area contributed by atoms with Gasteiger partial charge >= 0.3 is 0 Å². The second-order valence-corrected chi connectivity index (χ2v) is 2.63. The minimum atomic E-state index is 0.630. The molecular weight excluding hydrogens is 136 g/mol. The first-order valence-corrected chi connectivity index (χ1v) is 3.32. The normalized spacial score (nSPS) is 9.56. The van der Waals surface area contributed by atoms with E-state index in [-0.39, 0.29) is 0 Å². The maximum absolute atomic E-state index is 5.49. The predicted octanol–water partition coefficient (Wildman–Crippen LogP) is 1.04. The van der Waals surface area contributed by atoms with Crippen molar-refractivity contribution in [3.63, 3.8) is 0 Å². The number of hydrogen-bond acceptors (Lipinski definition) is 4. The molecule has 0 saturated heterocycles. The fourth-order valence-corrected chi connectivity index (χ4v) is 1.12. The second-order valence-electron chi connectivity index (χ2n) is 1.63. The van der Waals surface area contributed by atoms with E-state index in [0.29, 0.717) is 5.19 Å². The average molecular weight is 144 g/mol. The van der Waals surface area contributed by atoms with E-state index in [0.717, 1.165) is 10.7 Å². The van der Waals surface area contributed by atoms with Gasteiger partial charge in [-0.1, -0.05) is 11.3 Å². The molecule has 1 aromatic heterocycles. The summed E-state index contributed by atoms with van der Waals surface area (Å²) in [6.45, 7) is 1.86. The Bertz CT molecular complexity index is 189. The Kier molecular flexibility index (Phi) is 1.57. The zero-order valence-corrected chi connectivity index (χ0v) is 6.16. The van der Waals surface area contributed by atoms with Gasteiger partial charge in [-0.3, -0.25) is 0 Å². The number of hydrogen-bond donors (Lipinski definition) is 1. The minimum absolute atomic E-state index is 0.630. The highest BCUT2D eigenvalue weighted by molar-refractivity contribution is 7.17. The van der Waals surface area contributed by atoms with Gasteiger partial charge in [0.05, 0.1) is 12.8 Å². The number of methoxy groups -OCH3 is 1. The van der Waals surface area contributed by atoms with E-state index in [1.165, 1.54) is 11.3 Å². The van der Waals surface area contributed by atoms with Crippen LogP contribution in [-0.2, 0) is 0 Å². The van der Waals surface area contributed by atoms with Gasteiger partial charge in [0.15, 0.2) is 0 Å². The van der Waals surface area contributed by atoms with Gasteiger partial charge in [-0.2, -0.15) is 0 Å². The first-order chi connectivity index (χ1) is 4.24. The lowest BCUT2D eigenvalue weighted by Gasteiger charge is -1.85. The maximum atomic E-state index is 5.49. The summed E-state index contributed by atoms with van der Waals surface area (Å²) in [5, 5.41) is 1.36. The highest BCUT2D eigenvalue weighted by Gasteiger charge is 2.01. The van der Waals surface area contributed by atoms with Gasteiger partial charge in [-0.15, -0.1) is 0 Å². The summed E-state index contributed by atoms with van der Waals surface area (Å²) in [5.74, 6) is 0. The highest BCUT2D eigenvalue weighted by Crippen LogP contribution is 2.25. The molecule has 0 saturated carbocycles. The van der Waals surface area contributed by atoms with Crippen LogP contribution < -0.4 is 10.5 Å². The number of aromatic nitrogens is 1. The Morgan fingerprint density at radius 3 is 2.56 bits per heavy atom. The smallest absolute Gasteiger partial charge is 0.275 e. The van der Waals surface area contributed by atoms with Gasteiger partial charge in [0.25, 0.3) is 5.19 Å². The first-order valence-electron chi connectivity index (χ1n) is 2.51. The van der Waals surface area contributed by atoms with Crippen molar-refractivity contribution in [2.75, 3.05) is 12.8 Å². The minimum Gasteiger partial charge on any atom is -0.473 e. The van der Waals surface area contributed by atoms with Crippen molar-refractivity contribution in [3.05, 3.63) is 5.69 Å². The topological polar surface area (TPSA) is 48.1 Å². The molecule has 0 bridgehead atoms. The van der Waals surface area contributed by atoms with Crippen LogP contribution in [-0.4, -0.2) is 12.1 Å². The summed E-state index contributed by atoms with van der Waals surface area (Å²) >= 11 is 1.36. The van der Waals surface area contributed by atoms with E-state index >= 15 is 0 Å². The van der Waals surface area contributed by atoms with Crippen LogP contribution in [0.4, 0.5) is 5.00 Å². The van der Waals surface area contributed by atoms with Crippen LogP contribution in [0.25, 0.3) is 0 Å². The summed E-state index contributed by atoms with van der Waals surface area (Å²) in [4.78, 5) is 4.00. The third kappa shape index (κ3) is 1.13. The van der Waals surface area contributed by atoms with E-state index in [1.807, 2.05) is 6.92 Å². The van der Waals surface area contributed by atoms with Crippen LogP contribution >= 0.6 is 11.3 Å². The Labute approximate surface area is 57.5 Å². The zero-order valence-electron chi connectivity index (χ0n) is 5.34. The average Bonchev–Trinajstić information content (AvgIpc) is 2.13. The molecule has 2 N–H and O–H groups in total. The van der Waals surface area contributed by atoms with Gasteiger partial charge in [0.2, 0.25) is 0 Å². The third-order valence-corrected chi connectivity index (χ3v) is 1.94. The van der Waals surface area contributed by atoms with E-state index in [2.05, 4.69) is 4.98 Å². The molecule has 0 aliphatic heterocycles. The number of ether oxygens (including phenoxy) is 1. The van der Waals surface area contributed by atoms with Gasteiger partial charge in [-0.25, -0.2) is 4.98 Å². The SMILES string of the molecule is COc1nc(C)c(N)s1. The van der Waals surface area contributed by atoms with Gasteiger partial charge in [0.1, 0.15) is 5.00 Å². The lowest BCUT2D eigenvalue weighted by Crippen LogP contribution is -1.82. The maximum Gasteiger partial charge on any atom is 0.275 e. The number of nitrogens with two attached hydrogens (primary N) is 1. The number of nitrogen functional groups attached to an aromatic ring is 1. The van der Waals surface area contributed by atoms with Gasteiger partial charge in [0, 0.05) is 0 Å². The van der Waals surface area contributed by atoms with Crippen LogP contribution in [0.2, 0.25) is 0 Å². The van der Waals surface area contributed by atoms with E-state index < -0.39 is 0 Å². The van der Waals surface area contributed by atoms with Gasteiger partial charge < -0.3 is 10.5 Å². The Balaban J connectivity index is 2.98. The molecule has 9 heavy (non-hydrogen) atoms. The van der Waals surface area contributed by atoms with Crippen molar-refractivity contribution in [2.45, 2.75) is 6.92 Å². The summed E-state index contributed by atoms with van der Waals surface area (Å²) in [5.41, 5.74) is 6.34. The first kappa shape index (κ1) is 6.35. The standard InChI is InChI=1S/C5H8N2OS/c1-3-4(6)9-5(7-3)8-2/h6H2,1-2H3. The largest absolute Gasteiger partial charge is 0.473 e. The van der Waals surface area contributed by atoms with Crippen molar-refractivity contribution >= 4 is 16.3 Å². The van der Waals surface area contributed by atoms with Crippen LogP contribution in [0.5, 0.6) is 5.19 Å². The molecule has 0 aromatic carbocycles. The molecule has 0 unspecified atom stereocenters. The number of nitrogens with zero attached hydrogens (tertiary/aromatic N) is 1. The number of anilines is 1. The molecule has 0 aliphatic carbocycles. The third-order valence-electron chi connectivity index (χ3n) is 0.987. The van der Waals surface area contributed by atoms with Crippen molar-refractivity contribution in [1.29, 1.82) is 0 Å². The van der Waals surface area contributed by atoms with E-state index in [1.54, 1.807) is 7.11 Å². The van der Waals surface area contributed by atoms with Crippen LogP contribution in [0.3, 0.4) is 0 Å². The molecule has 1 heterocycles. The molecule has 0 atom stereocenters. The molecule has 1 rings (SSSR count). The molecule has 0 aliphatic rings. The van der Waals surface area contributed by atoms with Crippen molar-refractivity contribution in [1.82, 2.24) is 4.98 Å². The molecule has 0 fully saturated rings. The zero-order chi connectivity index (χ0) is 6.85. The number of thiazole rings is 1. The summed E-state index contributed by atoms with van der Waals surface area (Å²) in [6.07, 6.45) is 0. The molecule has 0 spiro atoms. The van der Waals surface area contributed by atoms with Gasteiger partial charge in [-0.05, 0) is 6.92 Å². The van der Waals surface area contributed by atoms with Crippen molar-refractivity contribution in [3.8, 4) is 5.19 Å². The molecule has 4 heteroatoms. The number of aryl methyl sites for hydroxylation is 1. The Hall–Kier alpha value is -0.770. The molecular formula is C5H8N2OS. The van der Waals surface area contributed by atoms with E-state index in [9.17, 15) is 0 Å².